The van der Waals surface area contributed by atoms with Gasteiger partial charge in [-0.25, -0.2) is 0 Å². The van der Waals surface area contributed by atoms with Crippen LogP contribution in [0.1, 0.15) is 5.56 Å². The van der Waals surface area contributed by atoms with Crippen molar-refractivity contribution in [3.05, 3.63) is 126 Å². The standard InChI is InChI=1S/C25H21ClP.BrH/c26-22-18-16-21(17-19-22)20-27(23-10-4-1-5-11-23,24-12-6-2-7-13-24)25-14-8-3-9-15-25;/h1-19H,20H2;1H/q+1;/p-1. The molecular weight excluding hydrogens is 447 g/mol. The first-order chi connectivity index (χ1) is 13.3. The van der Waals surface area contributed by atoms with E-state index in [1.165, 1.54) is 21.5 Å². The fourth-order valence-corrected chi connectivity index (χ4v) is 8.00. The highest BCUT2D eigenvalue weighted by molar-refractivity contribution is 7.95. The molecule has 140 valence electrons. The summed E-state index contributed by atoms with van der Waals surface area (Å²) >= 11 is 6.14. The van der Waals surface area contributed by atoms with Crippen molar-refractivity contribution < 1.29 is 17.0 Å². The Bertz CT molecular complexity index is 890. The second-order valence-corrected chi connectivity index (χ2v) is 10.5. The second-order valence-electron chi connectivity index (χ2n) is 6.60. The fraction of sp³-hybridized carbons (Fsp3) is 0.0400. The van der Waals surface area contributed by atoms with Crippen LogP contribution in [0.25, 0.3) is 0 Å². The quantitative estimate of drug-likeness (QED) is 0.396. The van der Waals surface area contributed by atoms with Gasteiger partial charge in [-0.3, -0.25) is 0 Å². The summed E-state index contributed by atoms with van der Waals surface area (Å²) in [5.41, 5.74) is 1.31. The maximum absolute atomic E-state index is 6.14. The Balaban J connectivity index is 0.00000225. The minimum atomic E-state index is -1.83. The Kier molecular flexibility index (Phi) is 7.08. The van der Waals surface area contributed by atoms with E-state index in [-0.39, 0.29) is 17.0 Å². The van der Waals surface area contributed by atoms with Crippen LogP contribution in [0.2, 0.25) is 5.02 Å². The predicted octanol–water partition coefficient (Wildman–Crippen LogP) is 2.84. The van der Waals surface area contributed by atoms with Crippen LogP contribution in [0.3, 0.4) is 0 Å². The largest absolute Gasteiger partial charge is 1.00 e. The lowest BCUT2D eigenvalue weighted by Crippen LogP contribution is -3.00. The van der Waals surface area contributed by atoms with Gasteiger partial charge >= 0.3 is 0 Å². The van der Waals surface area contributed by atoms with Crippen molar-refractivity contribution in [2.24, 2.45) is 0 Å². The third-order valence-corrected chi connectivity index (χ3v) is 9.55. The number of halogens is 2. The zero-order chi connectivity index (χ0) is 18.5. The summed E-state index contributed by atoms with van der Waals surface area (Å²) in [6, 6.07) is 41.2. The number of hydrogen-bond acceptors (Lipinski definition) is 0. The molecular formula is C25H21BrClP. The highest BCUT2D eigenvalue weighted by atomic mass is 79.9. The number of benzene rings is 4. The summed E-state index contributed by atoms with van der Waals surface area (Å²) in [6.45, 7) is 0. The monoisotopic (exact) mass is 466 g/mol. The van der Waals surface area contributed by atoms with Crippen molar-refractivity contribution >= 4 is 34.8 Å². The molecule has 0 aromatic heterocycles. The molecule has 0 saturated heterocycles. The van der Waals surface area contributed by atoms with E-state index < -0.39 is 7.26 Å². The molecule has 0 saturated carbocycles. The van der Waals surface area contributed by atoms with Crippen molar-refractivity contribution in [3.8, 4) is 0 Å². The van der Waals surface area contributed by atoms with Crippen LogP contribution in [-0.4, -0.2) is 0 Å². The number of hydrogen-bond donors (Lipinski definition) is 0. The van der Waals surface area contributed by atoms with Gasteiger partial charge in [-0.2, -0.15) is 0 Å². The van der Waals surface area contributed by atoms with Gasteiger partial charge in [-0.05, 0) is 54.1 Å². The summed E-state index contributed by atoms with van der Waals surface area (Å²) < 4.78 is 0. The maximum Gasteiger partial charge on any atom is 0.116 e. The summed E-state index contributed by atoms with van der Waals surface area (Å²) in [5, 5.41) is 4.98. The van der Waals surface area contributed by atoms with Crippen molar-refractivity contribution in [1.82, 2.24) is 0 Å². The van der Waals surface area contributed by atoms with Crippen molar-refractivity contribution in [2.75, 3.05) is 0 Å². The summed E-state index contributed by atoms with van der Waals surface area (Å²) in [5.74, 6) is 0. The van der Waals surface area contributed by atoms with Crippen LogP contribution >= 0.6 is 18.9 Å². The zero-order valence-electron chi connectivity index (χ0n) is 15.4. The third-order valence-electron chi connectivity index (χ3n) is 4.92. The molecule has 0 N–H and O–H groups in total. The highest BCUT2D eigenvalue weighted by Gasteiger charge is 2.45. The molecule has 0 aliphatic carbocycles. The minimum Gasteiger partial charge on any atom is -1.00 e. The smallest absolute Gasteiger partial charge is 0.116 e. The van der Waals surface area contributed by atoms with Crippen LogP contribution in [0, 0.1) is 0 Å². The normalized spacial score (nSPS) is 10.9. The van der Waals surface area contributed by atoms with E-state index in [0.717, 1.165) is 11.2 Å². The molecule has 0 fully saturated rings. The molecule has 0 nitrogen and oxygen atoms in total. The Morgan fingerprint density at radius 3 is 1.21 bits per heavy atom. The maximum atomic E-state index is 6.14. The Morgan fingerprint density at radius 2 is 0.857 bits per heavy atom. The van der Waals surface area contributed by atoms with Gasteiger partial charge < -0.3 is 17.0 Å². The van der Waals surface area contributed by atoms with Gasteiger partial charge in [0.15, 0.2) is 0 Å². The number of rotatable bonds is 5. The molecule has 0 atom stereocenters. The van der Waals surface area contributed by atoms with Gasteiger partial charge in [0.1, 0.15) is 23.2 Å². The van der Waals surface area contributed by atoms with E-state index in [9.17, 15) is 0 Å². The second kappa shape index (κ2) is 9.52. The average molecular weight is 468 g/mol. The Hall–Kier alpha value is -1.92. The van der Waals surface area contributed by atoms with Gasteiger partial charge in [0.25, 0.3) is 0 Å². The molecule has 4 rings (SSSR count). The molecule has 4 aromatic rings. The van der Waals surface area contributed by atoms with Crippen LogP contribution < -0.4 is 32.9 Å². The van der Waals surface area contributed by atoms with Crippen LogP contribution in [0.4, 0.5) is 0 Å². The lowest BCUT2D eigenvalue weighted by atomic mass is 10.2. The van der Waals surface area contributed by atoms with Gasteiger partial charge in [-0.1, -0.05) is 78.3 Å². The molecule has 28 heavy (non-hydrogen) atoms. The summed E-state index contributed by atoms with van der Waals surface area (Å²) in [7, 11) is -1.83. The van der Waals surface area contributed by atoms with Crippen molar-refractivity contribution in [1.29, 1.82) is 0 Å². The fourth-order valence-electron chi connectivity index (χ4n) is 3.63. The topological polar surface area (TPSA) is 0 Å². The van der Waals surface area contributed by atoms with E-state index >= 15 is 0 Å². The molecule has 0 spiro atoms. The molecule has 0 unspecified atom stereocenters. The predicted molar refractivity (Wildman–Crippen MR) is 120 cm³/mol. The lowest BCUT2D eigenvalue weighted by molar-refractivity contribution is -0.00000514. The summed E-state index contributed by atoms with van der Waals surface area (Å²) in [4.78, 5) is 0. The summed E-state index contributed by atoms with van der Waals surface area (Å²) in [6.07, 6.45) is 0.974. The first-order valence-corrected chi connectivity index (χ1v) is 11.4. The van der Waals surface area contributed by atoms with Crippen molar-refractivity contribution in [2.45, 2.75) is 6.16 Å². The molecule has 0 aliphatic rings. The molecule has 0 amide bonds. The molecule has 0 bridgehead atoms. The minimum absolute atomic E-state index is 0. The Labute approximate surface area is 183 Å². The molecule has 0 aliphatic heterocycles. The molecule has 0 radical (unpaired) electrons. The molecule has 4 aromatic carbocycles. The van der Waals surface area contributed by atoms with E-state index in [1.807, 2.05) is 12.1 Å². The highest BCUT2D eigenvalue weighted by Crippen LogP contribution is 2.58. The van der Waals surface area contributed by atoms with E-state index in [2.05, 4.69) is 103 Å². The van der Waals surface area contributed by atoms with Crippen LogP contribution in [0.5, 0.6) is 0 Å². The van der Waals surface area contributed by atoms with Crippen molar-refractivity contribution in [3.63, 3.8) is 0 Å². The van der Waals surface area contributed by atoms with Crippen LogP contribution in [0.15, 0.2) is 115 Å². The van der Waals surface area contributed by atoms with E-state index in [1.54, 1.807) is 0 Å². The van der Waals surface area contributed by atoms with Crippen LogP contribution in [-0.2, 0) is 6.16 Å². The average Bonchev–Trinajstić information content (AvgIpc) is 2.75. The molecule has 0 heterocycles. The van der Waals surface area contributed by atoms with Gasteiger partial charge in [0, 0.05) is 5.02 Å². The first kappa shape index (κ1) is 20.8. The zero-order valence-corrected chi connectivity index (χ0v) is 18.6. The van der Waals surface area contributed by atoms with Gasteiger partial charge in [0.05, 0.1) is 6.16 Å². The third kappa shape index (κ3) is 4.23. The first-order valence-electron chi connectivity index (χ1n) is 9.08. The van der Waals surface area contributed by atoms with Gasteiger partial charge in [0.2, 0.25) is 0 Å². The van der Waals surface area contributed by atoms with Gasteiger partial charge in [-0.15, -0.1) is 0 Å². The Morgan fingerprint density at radius 1 is 0.500 bits per heavy atom. The lowest BCUT2D eigenvalue weighted by Gasteiger charge is -2.27. The van der Waals surface area contributed by atoms with E-state index in [4.69, 9.17) is 11.6 Å². The molecule has 3 heteroatoms. The van der Waals surface area contributed by atoms with E-state index in [0.29, 0.717) is 0 Å². The SMILES string of the molecule is Clc1ccc(C[P+](c2ccccc2)(c2ccccc2)c2ccccc2)cc1.[Br-].